The Hall–Kier alpha value is -1.52. The maximum atomic E-state index is 12.7. The lowest BCUT2D eigenvalue weighted by Gasteiger charge is -2.14. The van der Waals surface area contributed by atoms with Gasteiger partial charge in [-0.15, -0.1) is 24.0 Å². The molecule has 24 heavy (non-hydrogen) atoms. The summed E-state index contributed by atoms with van der Waals surface area (Å²) in [6.45, 7) is 2.57. The Balaban J connectivity index is 0.00000529. The van der Waals surface area contributed by atoms with Crippen LogP contribution in [0.1, 0.15) is 18.1 Å². The minimum absolute atomic E-state index is 0. The molecular formula is C15H22F3IN4O. The van der Waals surface area contributed by atoms with Crippen molar-refractivity contribution in [3.8, 4) is 0 Å². The summed E-state index contributed by atoms with van der Waals surface area (Å²) < 4.78 is 38.0. The number of carbonyl (C=O) groups excluding carboxylic acids is 1. The molecular weight excluding hydrogens is 436 g/mol. The number of benzene rings is 1. The molecule has 0 aliphatic heterocycles. The van der Waals surface area contributed by atoms with Crippen LogP contribution in [0.3, 0.4) is 0 Å². The van der Waals surface area contributed by atoms with Crippen LogP contribution in [0.4, 0.5) is 13.2 Å². The van der Waals surface area contributed by atoms with Crippen molar-refractivity contribution in [1.82, 2.24) is 15.5 Å². The summed E-state index contributed by atoms with van der Waals surface area (Å²) in [5, 5.41) is 5.78. The van der Waals surface area contributed by atoms with Crippen LogP contribution in [-0.2, 0) is 17.5 Å². The molecule has 5 nitrogen and oxygen atoms in total. The van der Waals surface area contributed by atoms with Crippen molar-refractivity contribution < 1.29 is 18.0 Å². The van der Waals surface area contributed by atoms with E-state index in [0.29, 0.717) is 18.1 Å². The van der Waals surface area contributed by atoms with E-state index in [1.807, 2.05) is 6.92 Å². The fourth-order valence-corrected chi connectivity index (χ4v) is 1.68. The Bertz CT molecular complexity index is 562. The zero-order valence-electron chi connectivity index (χ0n) is 13.8. The number of halogens is 4. The number of alkyl halides is 3. The fraction of sp³-hybridized carbons (Fsp3) is 0.467. The standard InChI is InChI=1S/C15H21F3N4O.HI/c1-4-19-14(21-10-13(23)22(2)3)20-9-11-6-5-7-12(8-11)15(16,17)18;/h5-8H,4,9-10H2,1-3H3,(H2,19,20,21);1H. The summed E-state index contributed by atoms with van der Waals surface area (Å²) in [5.41, 5.74) is -0.262. The van der Waals surface area contributed by atoms with E-state index in [9.17, 15) is 18.0 Å². The van der Waals surface area contributed by atoms with Crippen LogP contribution in [-0.4, -0.2) is 44.0 Å². The van der Waals surface area contributed by atoms with E-state index in [2.05, 4.69) is 15.6 Å². The molecule has 0 unspecified atom stereocenters. The molecule has 1 aromatic rings. The molecule has 0 saturated carbocycles. The Labute approximate surface area is 156 Å². The quantitative estimate of drug-likeness (QED) is 0.405. The average Bonchev–Trinajstić information content (AvgIpc) is 2.49. The third-order valence-corrected chi connectivity index (χ3v) is 2.92. The van der Waals surface area contributed by atoms with E-state index in [0.717, 1.165) is 12.1 Å². The Morgan fingerprint density at radius 2 is 1.92 bits per heavy atom. The topological polar surface area (TPSA) is 56.7 Å². The van der Waals surface area contributed by atoms with E-state index < -0.39 is 11.7 Å². The van der Waals surface area contributed by atoms with Gasteiger partial charge in [0.15, 0.2) is 5.96 Å². The SMILES string of the molecule is CCNC(=NCc1cccc(C(F)(F)F)c1)NCC(=O)N(C)C.I. The number of likely N-dealkylation sites (N-methyl/N-ethyl adjacent to an activating group) is 1. The van der Waals surface area contributed by atoms with Crippen molar-refractivity contribution in [2.45, 2.75) is 19.6 Å². The number of amides is 1. The first-order valence-electron chi connectivity index (χ1n) is 7.12. The highest BCUT2D eigenvalue weighted by molar-refractivity contribution is 14.0. The van der Waals surface area contributed by atoms with E-state index in [4.69, 9.17) is 0 Å². The summed E-state index contributed by atoms with van der Waals surface area (Å²) in [4.78, 5) is 17.2. The second-order valence-electron chi connectivity index (χ2n) is 5.04. The lowest BCUT2D eigenvalue weighted by atomic mass is 10.1. The molecule has 9 heteroatoms. The number of nitrogens with zero attached hydrogens (tertiary/aromatic N) is 2. The molecule has 0 saturated heterocycles. The van der Waals surface area contributed by atoms with Gasteiger partial charge in [-0.3, -0.25) is 4.79 Å². The summed E-state index contributed by atoms with van der Waals surface area (Å²) in [5.74, 6) is 0.245. The Morgan fingerprint density at radius 3 is 2.46 bits per heavy atom. The molecule has 2 N–H and O–H groups in total. The summed E-state index contributed by atoms with van der Waals surface area (Å²) in [6.07, 6.45) is -4.37. The predicted octanol–water partition coefficient (Wildman–Crippen LogP) is 2.47. The number of guanidine groups is 1. The molecule has 1 rings (SSSR count). The number of nitrogens with one attached hydrogen (secondary N) is 2. The van der Waals surface area contributed by atoms with E-state index in [1.54, 1.807) is 20.2 Å². The van der Waals surface area contributed by atoms with Gasteiger partial charge in [-0.05, 0) is 24.6 Å². The van der Waals surface area contributed by atoms with Crippen LogP contribution in [0.15, 0.2) is 29.3 Å². The maximum Gasteiger partial charge on any atom is 0.416 e. The number of hydrogen-bond donors (Lipinski definition) is 2. The maximum absolute atomic E-state index is 12.7. The van der Waals surface area contributed by atoms with Crippen LogP contribution in [0.25, 0.3) is 0 Å². The Kier molecular flexibility index (Phi) is 9.71. The van der Waals surface area contributed by atoms with Crippen LogP contribution in [0, 0.1) is 0 Å². The second kappa shape index (κ2) is 10.4. The molecule has 0 aliphatic carbocycles. The van der Waals surface area contributed by atoms with Crippen LogP contribution in [0.2, 0.25) is 0 Å². The predicted molar refractivity (Wildman–Crippen MR) is 98.4 cm³/mol. The zero-order valence-corrected chi connectivity index (χ0v) is 16.1. The van der Waals surface area contributed by atoms with Crippen molar-refractivity contribution in [2.75, 3.05) is 27.2 Å². The molecule has 0 atom stereocenters. The number of carbonyl (C=O) groups is 1. The number of aliphatic imine (C=N–C) groups is 1. The minimum Gasteiger partial charge on any atom is -0.357 e. The molecule has 0 aliphatic rings. The van der Waals surface area contributed by atoms with Gasteiger partial charge < -0.3 is 15.5 Å². The molecule has 0 bridgehead atoms. The molecule has 136 valence electrons. The molecule has 0 heterocycles. The molecule has 0 radical (unpaired) electrons. The monoisotopic (exact) mass is 458 g/mol. The Morgan fingerprint density at radius 1 is 1.25 bits per heavy atom. The van der Waals surface area contributed by atoms with Crippen molar-refractivity contribution in [3.63, 3.8) is 0 Å². The summed E-state index contributed by atoms with van der Waals surface area (Å²) in [7, 11) is 3.27. The third-order valence-electron chi connectivity index (χ3n) is 2.92. The molecule has 1 aromatic carbocycles. The van der Waals surface area contributed by atoms with Gasteiger partial charge in [-0.25, -0.2) is 4.99 Å². The van der Waals surface area contributed by atoms with E-state index in [1.165, 1.54) is 11.0 Å². The van der Waals surface area contributed by atoms with Crippen molar-refractivity contribution >= 4 is 35.8 Å². The first kappa shape index (κ1) is 22.5. The lowest BCUT2D eigenvalue weighted by molar-refractivity contribution is -0.137. The van der Waals surface area contributed by atoms with Gasteiger partial charge in [0.2, 0.25) is 5.91 Å². The molecule has 0 fully saturated rings. The number of rotatable bonds is 5. The minimum atomic E-state index is -4.37. The van der Waals surface area contributed by atoms with Crippen molar-refractivity contribution in [3.05, 3.63) is 35.4 Å². The summed E-state index contributed by atoms with van der Waals surface area (Å²) >= 11 is 0. The lowest BCUT2D eigenvalue weighted by Crippen LogP contribution is -2.42. The van der Waals surface area contributed by atoms with Gasteiger partial charge >= 0.3 is 6.18 Å². The highest BCUT2D eigenvalue weighted by Crippen LogP contribution is 2.29. The average molecular weight is 458 g/mol. The van der Waals surface area contributed by atoms with Crippen LogP contribution >= 0.6 is 24.0 Å². The largest absolute Gasteiger partial charge is 0.416 e. The fourth-order valence-electron chi connectivity index (χ4n) is 1.68. The smallest absolute Gasteiger partial charge is 0.357 e. The summed E-state index contributed by atoms with van der Waals surface area (Å²) in [6, 6.07) is 5.02. The van der Waals surface area contributed by atoms with Crippen LogP contribution in [0.5, 0.6) is 0 Å². The third kappa shape index (κ3) is 7.84. The first-order chi connectivity index (χ1) is 10.7. The van der Waals surface area contributed by atoms with Gasteiger partial charge in [0.1, 0.15) is 0 Å². The van der Waals surface area contributed by atoms with Gasteiger partial charge in [-0.1, -0.05) is 12.1 Å². The van der Waals surface area contributed by atoms with Gasteiger partial charge in [0.25, 0.3) is 0 Å². The molecule has 0 aromatic heterocycles. The van der Waals surface area contributed by atoms with Gasteiger partial charge in [-0.2, -0.15) is 13.2 Å². The highest BCUT2D eigenvalue weighted by atomic mass is 127. The zero-order chi connectivity index (χ0) is 17.5. The van der Waals surface area contributed by atoms with E-state index in [-0.39, 0.29) is 43.0 Å². The number of hydrogen-bond acceptors (Lipinski definition) is 2. The van der Waals surface area contributed by atoms with Crippen LogP contribution < -0.4 is 10.6 Å². The second-order valence-corrected chi connectivity index (χ2v) is 5.04. The van der Waals surface area contributed by atoms with Crippen molar-refractivity contribution in [1.29, 1.82) is 0 Å². The molecule has 0 spiro atoms. The molecule has 1 amide bonds. The van der Waals surface area contributed by atoms with E-state index >= 15 is 0 Å². The van der Waals surface area contributed by atoms with Crippen molar-refractivity contribution in [2.24, 2.45) is 4.99 Å². The normalized spacial score (nSPS) is 11.5. The van der Waals surface area contributed by atoms with Gasteiger partial charge in [0.05, 0.1) is 18.7 Å². The first-order valence-corrected chi connectivity index (χ1v) is 7.12. The highest BCUT2D eigenvalue weighted by Gasteiger charge is 2.30. The van der Waals surface area contributed by atoms with Gasteiger partial charge in [0, 0.05) is 20.6 Å².